The van der Waals surface area contributed by atoms with Crippen molar-refractivity contribution in [2.24, 2.45) is 29.1 Å². The Morgan fingerprint density at radius 1 is 1.26 bits per heavy atom. The van der Waals surface area contributed by atoms with E-state index >= 15 is 0 Å². The Morgan fingerprint density at radius 3 is 3.00 bits per heavy atom. The average Bonchev–Trinajstić information content (AvgIpc) is 3.01. The first kappa shape index (κ1) is 19.8. The SMILES string of the molecule is C[C@H]1CCC[C@@]2(C)C[C@@H]3OC(=O)[C@@H](C[NH+]4C[C@@H]5C[C@H](C4)c4cccc(=O)n4C5)[C@@H]3C=C12. The summed E-state index contributed by atoms with van der Waals surface area (Å²) in [4.78, 5) is 26.8. The Kier molecular flexibility index (Phi) is 4.51. The van der Waals surface area contributed by atoms with E-state index in [-0.39, 0.29) is 34.9 Å². The quantitative estimate of drug-likeness (QED) is 0.586. The number of fused-ring (bicyclic) bond motifs is 6. The van der Waals surface area contributed by atoms with E-state index in [1.165, 1.54) is 36.3 Å². The Morgan fingerprint density at radius 2 is 2.13 bits per heavy atom. The highest BCUT2D eigenvalue weighted by molar-refractivity contribution is 5.76. The van der Waals surface area contributed by atoms with Crippen LogP contribution in [0, 0.1) is 29.1 Å². The van der Waals surface area contributed by atoms with Crippen LogP contribution in [0.4, 0.5) is 0 Å². The van der Waals surface area contributed by atoms with Crippen molar-refractivity contribution in [3.63, 3.8) is 0 Å². The molecule has 5 aliphatic rings. The summed E-state index contributed by atoms with van der Waals surface area (Å²) in [6.07, 6.45) is 8.52. The monoisotopic (exact) mass is 423 g/mol. The molecular formula is C26H35N2O3+. The summed E-state index contributed by atoms with van der Waals surface area (Å²) >= 11 is 0. The zero-order chi connectivity index (χ0) is 21.3. The minimum Gasteiger partial charge on any atom is -0.461 e. The third-order valence-electron chi connectivity index (χ3n) is 9.26. The zero-order valence-electron chi connectivity index (χ0n) is 18.8. The molecule has 1 N–H and O–H groups in total. The molecule has 8 atom stereocenters. The number of rotatable bonds is 2. The summed E-state index contributed by atoms with van der Waals surface area (Å²) in [5.41, 5.74) is 3.15. The first-order chi connectivity index (χ1) is 14.9. The topological polar surface area (TPSA) is 52.7 Å². The van der Waals surface area contributed by atoms with Crippen molar-refractivity contribution in [1.82, 2.24) is 4.57 Å². The average molecular weight is 424 g/mol. The van der Waals surface area contributed by atoms with E-state index in [0.717, 1.165) is 32.6 Å². The van der Waals surface area contributed by atoms with Gasteiger partial charge in [-0.3, -0.25) is 9.59 Å². The Hall–Kier alpha value is -1.88. The van der Waals surface area contributed by atoms with Gasteiger partial charge in [0.15, 0.2) is 0 Å². The van der Waals surface area contributed by atoms with Crippen LogP contribution in [0.3, 0.4) is 0 Å². The zero-order valence-corrected chi connectivity index (χ0v) is 18.8. The molecule has 1 saturated carbocycles. The number of aromatic nitrogens is 1. The molecule has 1 aromatic rings. The molecule has 31 heavy (non-hydrogen) atoms. The van der Waals surface area contributed by atoms with Gasteiger partial charge in [-0.1, -0.05) is 38.0 Å². The van der Waals surface area contributed by atoms with Crippen LogP contribution in [-0.2, 0) is 16.1 Å². The number of ether oxygens (including phenoxy) is 1. The number of quaternary nitrogens is 1. The fourth-order valence-electron chi connectivity index (χ4n) is 7.88. The molecule has 4 heterocycles. The number of allylic oxidation sites excluding steroid dienone is 1. The van der Waals surface area contributed by atoms with E-state index in [1.54, 1.807) is 11.6 Å². The molecule has 0 aromatic carbocycles. The summed E-state index contributed by atoms with van der Waals surface area (Å²) < 4.78 is 7.98. The lowest BCUT2D eigenvalue weighted by Crippen LogP contribution is -3.15. The number of piperidine rings is 1. The van der Waals surface area contributed by atoms with Crippen LogP contribution < -0.4 is 10.5 Å². The molecular weight excluding hydrogens is 388 g/mol. The number of nitrogens with one attached hydrogen (secondary N) is 1. The predicted octanol–water partition coefficient (Wildman–Crippen LogP) is 2.16. The van der Waals surface area contributed by atoms with Crippen LogP contribution in [0.25, 0.3) is 0 Å². The van der Waals surface area contributed by atoms with E-state index in [1.807, 2.05) is 10.6 Å². The van der Waals surface area contributed by atoms with Gasteiger partial charge in [0.1, 0.15) is 12.0 Å². The van der Waals surface area contributed by atoms with Crippen LogP contribution in [0.1, 0.15) is 57.6 Å². The van der Waals surface area contributed by atoms with Gasteiger partial charge in [0.05, 0.1) is 19.6 Å². The maximum Gasteiger partial charge on any atom is 0.315 e. The van der Waals surface area contributed by atoms with Crippen LogP contribution in [0.15, 0.2) is 34.6 Å². The van der Waals surface area contributed by atoms with Gasteiger partial charge in [-0.2, -0.15) is 0 Å². The van der Waals surface area contributed by atoms with Gasteiger partial charge < -0.3 is 14.2 Å². The second-order valence-corrected chi connectivity index (χ2v) is 11.4. The number of hydrogen-bond donors (Lipinski definition) is 1. The van der Waals surface area contributed by atoms with Gasteiger partial charge in [-0.05, 0) is 43.1 Å². The lowest BCUT2D eigenvalue weighted by Gasteiger charge is -2.46. The first-order valence-electron chi connectivity index (χ1n) is 12.4. The molecule has 2 saturated heterocycles. The molecule has 166 valence electrons. The lowest BCUT2D eigenvalue weighted by atomic mass is 9.59. The van der Waals surface area contributed by atoms with Crippen molar-refractivity contribution in [2.45, 2.75) is 64.5 Å². The van der Waals surface area contributed by atoms with Crippen LogP contribution >= 0.6 is 0 Å². The van der Waals surface area contributed by atoms with Gasteiger partial charge >= 0.3 is 5.97 Å². The normalized spacial score (nSPS) is 43.4. The lowest BCUT2D eigenvalue weighted by molar-refractivity contribution is -0.913. The van der Waals surface area contributed by atoms with Crippen molar-refractivity contribution in [3.8, 4) is 0 Å². The first-order valence-corrected chi connectivity index (χ1v) is 12.4. The van der Waals surface area contributed by atoms with Crippen molar-refractivity contribution in [1.29, 1.82) is 0 Å². The number of hydrogen-bond acceptors (Lipinski definition) is 3. The van der Waals surface area contributed by atoms with E-state index in [9.17, 15) is 9.59 Å². The molecule has 1 unspecified atom stereocenters. The van der Waals surface area contributed by atoms with Crippen LogP contribution in [-0.4, -0.2) is 36.3 Å². The smallest absolute Gasteiger partial charge is 0.315 e. The second kappa shape index (κ2) is 7.06. The van der Waals surface area contributed by atoms with E-state index in [4.69, 9.17) is 4.74 Å². The van der Waals surface area contributed by atoms with E-state index in [0.29, 0.717) is 17.8 Å². The highest BCUT2D eigenvalue weighted by Crippen LogP contribution is 2.53. The third kappa shape index (κ3) is 3.14. The van der Waals surface area contributed by atoms with Crippen LogP contribution in [0.5, 0.6) is 0 Å². The Bertz CT molecular complexity index is 997. The summed E-state index contributed by atoms with van der Waals surface area (Å²) in [5, 5.41) is 0. The molecule has 5 heteroatoms. The van der Waals surface area contributed by atoms with Gasteiger partial charge in [0, 0.05) is 36.1 Å². The number of esters is 1. The predicted molar refractivity (Wildman–Crippen MR) is 118 cm³/mol. The molecule has 5 nitrogen and oxygen atoms in total. The molecule has 0 spiro atoms. The maximum absolute atomic E-state index is 13.0. The Labute approximate surface area is 184 Å². The van der Waals surface area contributed by atoms with Gasteiger partial charge in [0.25, 0.3) is 5.56 Å². The Balaban J connectivity index is 1.24. The maximum atomic E-state index is 13.0. The molecule has 6 rings (SSSR count). The van der Waals surface area contributed by atoms with E-state index in [2.05, 4.69) is 26.0 Å². The number of carbonyl (C=O) groups is 1. The fraction of sp³-hybridized carbons (Fsp3) is 0.692. The second-order valence-electron chi connectivity index (χ2n) is 11.4. The standard InChI is InChI=1S/C26H34N2O3/c1-16-5-4-8-26(2)11-23-19(10-21(16)26)20(25(30)31-23)15-27-12-17-9-18(14-27)22-6-3-7-24(29)28(22)13-17/h3,6-7,10,16-20,23H,4-5,8-9,11-15H2,1-2H3/p+1/t16-,17-,18+,19-,20-,23-,26-/m0/s1. The molecule has 2 aliphatic carbocycles. The highest BCUT2D eigenvalue weighted by atomic mass is 16.6. The number of nitrogens with zero attached hydrogens (tertiary/aromatic N) is 1. The fourth-order valence-corrected chi connectivity index (χ4v) is 7.88. The largest absolute Gasteiger partial charge is 0.461 e. The minimum atomic E-state index is -0.0111. The van der Waals surface area contributed by atoms with Crippen molar-refractivity contribution >= 4 is 5.97 Å². The summed E-state index contributed by atoms with van der Waals surface area (Å²) in [6.45, 7) is 8.54. The highest BCUT2D eigenvalue weighted by Gasteiger charge is 2.53. The third-order valence-corrected chi connectivity index (χ3v) is 9.26. The summed E-state index contributed by atoms with van der Waals surface area (Å²) in [5.74, 6) is 1.86. The van der Waals surface area contributed by atoms with Crippen molar-refractivity contribution in [2.75, 3.05) is 19.6 Å². The minimum absolute atomic E-state index is 0.0111. The van der Waals surface area contributed by atoms with Gasteiger partial charge in [-0.25, -0.2) is 0 Å². The molecule has 1 aromatic heterocycles. The van der Waals surface area contributed by atoms with Crippen molar-refractivity contribution < 1.29 is 14.4 Å². The number of carbonyl (C=O) groups excluding carboxylic acids is 1. The molecule has 3 aliphatic heterocycles. The summed E-state index contributed by atoms with van der Waals surface area (Å²) in [6, 6.07) is 5.71. The van der Waals surface area contributed by atoms with Crippen molar-refractivity contribution in [3.05, 3.63) is 45.9 Å². The number of likely N-dealkylation sites (tertiary alicyclic amines) is 1. The molecule has 3 fully saturated rings. The van der Waals surface area contributed by atoms with E-state index < -0.39 is 0 Å². The van der Waals surface area contributed by atoms with Gasteiger partial charge in [-0.15, -0.1) is 0 Å². The molecule has 0 amide bonds. The molecule has 0 radical (unpaired) electrons. The number of pyridine rings is 1. The van der Waals surface area contributed by atoms with Gasteiger partial charge in [0.2, 0.25) is 0 Å². The molecule has 2 bridgehead atoms. The van der Waals surface area contributed by atoms with Crippen LogP contribution in [0.2, 0.25) is 0 Å². The summed E-state index contributed by atoms with van der Waals surface area (Å²) in [7, 11) is 0.